The number of nitrogens with zero attached hydrogens (tertiary/aromatic N) is 2. The molecule has 94 valence electrons. The van der Waals surface area contributed by atoms with Crippen molar-refractivity contribution in [2.45, 2.75) is 39.7 Å². The van der Waals surface area contributed by atoms with Crippen molar-refractivity contribution in [3.63, 3.8) is 0 Å². The van der Waals surface area contributed by atoms with Crippen LogP contribution < -0.4 is 10.6 Å². The highest BCUT2D eigenvalue weighted by Gasteiger charge is 2.31. The van der Waals surface area contributed by atoms with E-state index in [1.165, 1.54) is 12.8 Å². The number of piperidine rings is 1. The molecule has 0 bridgehead atoms. The minimum atomic E-state index is 0.350. The number of hydrogen-bond acceptors (Lipinski definition) is 4. The summed E-state index contributed by atoms with van der Waals surface area (Å²) in [5.74, 6) is 0.869. The van der Waals surface area contributed by atoms with Crippen LogP contribution >= 0.6 is 0 Å². The van der Waals surface area contributed by atoms with Gasteiger partial charge in [0.05, 0.1) is 6.20 Å². The molecule has 1 unspecified atom stereocenters. The van der Waals surface area contributed by atoms with Crippen molar-refractivity contribution in [1.82, 2.24) is 15.5 Å². The van der Waals surface area contributed by atoms with E-state index in [4.69, 9.17) is 0 Å². The van der Waals surface area contributed by atoms with Crippen LogP contribution in [0.15, 0.2) is 12.3 Å². The molecule has 0 saturated carbocycles. The highest BCUT2D eigenvalue weighted by Crippen LogP contribution is 2.29. The summed E-state index contributed by atoms with van der Waals surface area (Å²) in [5, 5.41) is 15.0. The van der Waals surface area contributed by atoms with Crippen LogP contribution in [0.25, 0.3) is 0 Å². The summed E-state index contributed by atoms with van der Waals surface area (Å²) in [6, 6.07) is 2.53. The number of aromatic nitrogens is 2. The van der Waals surface area contributed by atoms with E-state index in [0.29, 0.717) is 11.5 Å². The molecule has 0 spiro atoms. The smallest absolute Gasteiger partial charge is 0.148 e. The highest BCUT2D eigenvalue weighted by molar-refractivity contribution is 5.35. The first-order chi connectivity index (χ1) is 8.08. The lowest BCUT2D eigenvalue weighted by atomic mass is 9.77. The predicted octanol–water partition coefficient (Wildman–Crippen LogP) is 1.98. The Morgan fingerprint density at radius 1 is 1.53 bits per heavy atom. The molecule has 0 aliphatic carbocycles. The van der Waals surface area contributed by atoms with Crippen LogP contribution in [-0.4, -0.2) is 29.3 Å². The molecule has 1 atom stereocenters. The molecule has 1 aromatic rings. The first kappa shape index (κ1) is 12.3. The van der Waals surface area contributed by atoms with Gasteiger partial charge in [-0.25, -0.2) is 0 Å². The lowest BCUT2D eigenvalue weighted by Gasteiger charge is -2.39. The van der Waals surface area contributed by atoms with E-state index in [2.05, 4.69) is 34.7 Å². The predicted molar refractivity (Wildman–Crippen MR) is 70.1 cm³/mol. The topological polar surface area (TPSA) is 49.8 Å². The molecule has 4 heteroatoms. The first-order valence-electron chi connectivity index (χ1n) is 6.34. The number of rotatable bonds is 3. The Kier molecular flexibility index (Phi) is 3.62. The van der Waals surface area contributed by atoms with E-state index >= 15 is 0 Å². The van der Waals surface area contributed by atoms with Gasteiger partial charge in [-0.05, 0) is 43.4 Å². The third-order valence-corrected chi connectivity index (χ3v) is 3.61. The molecule has 0 aromatic carbocycles. The zero-order valence-corrected chi connectivity index (χ0v) is 11.0. The van der Waals surface area contributed by atoms with E-state index in [0.717, 1.165) is 24.5 Å². The van der Waals surface area contributed by atoms with Gasteiger partial charge in [0.2, 0.25) is 0 Å². The molecule has 0 radical (unpaired) electrons. The van der Waals surface area contributed by atoms with Crippen LogP contribution in [0.2, 0.25) is 0 Å². The molecule has 17 heavy (non-hydrogen) atoms. The average molecular weight is 234 g/mol. The minimum absolute atomic E-state index is 0.350. The van der Waals surface area contributed by atoms with Crippen molar-refractivity contribution >= 4 is 5.82 Å². The van der Waals surface area contributed by atoms with E-state index in [-0.39, 0.29) is 0 Å². The van der Waals surface area contributed by atoms with Gasteiger partial charge in [0.15, 0.2) is 0 Å². The molecule has 4 nitrogen and oxygen atoms in total. The van der Waals surface area contributed by atoms with Crippen molar-refractivity contribution in [1.29, 1.82) is 0 Å². The molecular weight excluding hydrogens is 212 g/mol. The number of nitrogens with one attached hydrogen (secondary N) is 2. The van der Waals surface area contributed by atoms with Gasteiger partial charge < -0.3 is 10.6 Å². The van der Waals surface area contributed by atoms with Gasteiger partial charge in [-0.15, -0.1) is 5.10 Å². The molecule has 1 aromatic heterocycles. The van der Waals surface area contributed by atoms with Crippen molar-refractivity contribution in [2.75, 3.05) is 18.4 Å². The van der Waals surface area contributed by atoms with Crippen molar-refractivity contribution in [3.8, 4) is 0 Å². The molecule has 1 aliphatic heterocycles. The Labute approximate surface area is 103 Å². The van der Waals surface area contributed by atoms with Crippen LogP contribution in [0.3, 0.4) is 0 Å². The van der Waals surface area contributed by atoms with Gasteiger partial charge in [0.1, 0.15) is 5.82 Å². The second-order valence-corrected chi connectivity index (χ2v) is 5.60. The summed E-state index contributed by atoms with van der Waals surface area (Å²) in [4.78, 5) is 0. The van der Waals surface area contributed by atoms with Crippen LogP contribution in [0.1, 0.15) is 32.3 Å². The molecule has 2 heterocycles. The van der Waals surface area contributed by atoms with E-state index < -0.39 is 0 Å². The lowest BCUT2D eigenvalue weighted by Crippen LogP contribution is -2.50. The molecule has 0 amide bonds. The summed E-state index contributed by atoms with van der Waals surface area (Å²) < 4.78 is 0. The van der Waals surface area contributed by atoms with Crippen LogP contribution in [-0.2, 0) is 0 Å². The number of hydrogen-bond donors (Lipinski definition) is 2. The lowest BCUT2D eigenvalue weighted by molar-refractivity contribution is 0.188. The highest BCUT2D eigenvalue weighted by atomic mass is 15.2. The fourth-order valence-electron chi connectivity index (χ4n) is 2.38. The molecule has 1 saturated heterocycles. The zero-order chi connectivity index (χ0) is 12.3. The Bertz CT molecular complexity index is 375. The monoisotopic (exact) mass is 234 g/mol. The van der Waals surface area contributed by atoms with Gasteiger partial charge in [-0.3, -0.25) is 0 Å². The average Bonchev–Trinajstić information content (AvgIpc) is 2.27. The third-order valence-electron chi connectivity index (χ3n) is 3.61. The molecule has 1 aliphatic rings. The van der Waals surface area contributed by atoms with Gasteiger partial charge in [-0.2, -0.15) is 5.10 Å². The largest absolute Gasteiger partial charge is 0.367 e. The summed E-state index contributed by atoms with van der Waals surface area (Å²) >= 11 is 0. The fourth-order valence-corrected chi connectivity index (χ4v) is 2.38. The molecule has 2 rings (SSSR count). The Morgan fingerprint density at radius 2 is 2.35 bits per heavy atom. The Morgan fingerprint density at radius 3 is 3.06 bits per heavy atom. The van der Waals surface area contributed by atoms with Crippen LogP contribution in [0.5, 0.6) is 0 Å². The maximum atomic E-state index is 4.08. The first-order valence-corrected chi connectivity index (χ1v) is 6.34. The third kappa shape index (κ3) is 3.16. The summed E-state index contributed by atoms with van der Waals surface area (Å²) in [6.45, 7) is 8.71. The standard InChI is InChI=1S/C13H22N4/c1-10-7-12(17-16-8-10)15-9-11-13(2,3)5-4-6-14-11/h7-8,11,14H,4-6,9H2,1-3H3,(H,15,17). The Balaban J connectivity index is 1.93. The second kappa shape index (κ2) is 5.00. The molecular formula is C13H22N4. The van der Waals surface area contributed by atoms with Gasteiger partial charge in [0.25, 0.3) is 0 Å². The molecule has 1 fully saturated rings. The quantitative estimate of drug-likeness (QED) is 0.839. The summed E-state index contributed by atoms with van der Waals surface area (Å²) in [6.07, 6.45) is 4.33. The van der Waals surface area contributed by atoms with Crippen LogP contribution in [0.4, 0.5) is 5.82 Å². The number of aryl methyl sites for hydroxylation is 1. The zero-order valence-electron chi connectivity index (χ0n) is 11.0. The Hall–Kier alpha value is -1.16. The van der Waals surface area contributed by atoms with E-state index in [1.807, 2.05) is 13.0 Å². The second-order valence-electron chi connectivity index (χ2n) is 5.60. The minimum Gasteiger partial charge on any atom is -0.367 e. The van der Waals surface area contributed by atoms with Gasteiger partial charge in [0, 0.05) is 12.6 Å². The van der Waals surface area contributed by atoms with Gasteiger partial charge >= 0.3 is 0 Å². The number of anilines is 1. The van der Waals surface area contributed by atoms with Gasteiger partial charge in [-0.1, -0.05) is 13.8 Å². The molecule has 2 N–H and O–H groups in total. The maximum Gasteiger partial charge on any atom is 0.148 e. The normalized spacial score (nSPS) is 23.4. The summed E-state index contributed by atoms with van der Waals surface area (Å²) in [7, 11) is 0. The van der Waals surface area contributed by atoms with E-state index in [9.17, 15) is 0 Å². The summed E-state index contributed by atoms with van der Waals surface area (Å²) in [5.41, 5.74) is 1.49. The van der Waals surface area contributed by atoms with Crippen molar-refractivity contribution in [3.05, 3.63) is 17.8 Å². The van der Waals surface area contributed by atoms with Crippen molar-refractivity contribution in [2.24, 2.45) is 5.41 Å². The fraction of sp³-hybridized carbons (Fsp3) is 0.692. The van der Waals surface area contributed by atoms with Crippen molar-refractivity contribution < 1.29 is 0 Å². The van der Waals surface area contributed by atoms with E-state index in [1.54, 1.807) is 6.20 Å². The maximum absolute atomic E-state index is 4.08. The SMILES string of the molecule is Cc1cnnc(NCC2NCCCC2(C)C)c1. The van der Waals surface area contributed by atoms with Crippen LogP contribution in [0, 0.1) is 12.3 Å².